The van der Waals surface area contributed by atoms with Crippen LogP contribution in [-0.2, 0) is 4.65 Å². The molecule has 0 fully saturated rings. The normalized spacial score (nSPS) is 11.1. The molecule has 0 unspecified atom stereocenters. The van der Waals surface area contributed by atoms with Gasteiger partial charge < -0.3 is 24.8 Å². The number of hydrogen-bond donors (Lipinski definition) is 4. The summed E-state index contributed by atoms with van der Waals surface area (Å²) < 4.78 is 5.27. The molecule has 3 rings (SSSR count). The van der Waals surface area contributed by atoms with Crippen molar-refractivity contribution in [2.75, 3.05) is 13.2 Å². The Morgan fingerprint density at radius 2 is 1.17 bits per heavy atom. The van der Waals surface area contributed by atoms with E-state index >= 15 is 0 Å². The molecule has 0 atom stereocenters. The monoisotopic (exact) mass is 310 g/mol. The maximum atomic E-state index is 10.4. The van der Waals surface area contributed by atoms with E-state index in [0.29, 0.717) is 32.5 Å². The van der Waals surface area contributed by atoms with E-state index < -0.39 is 14.2 Å². The minimum absolute atomic E-state index is 0.00813. The van der Waals surface area contributed by atoms with Gasteiger partial charge in [0.1, 0.15) is 0 Å². The van der Waals surface area contributed by atoms with Crippen LogP contribution in [0.25, 0.3) is 21.5 Å². The highest BCUT2D eigenvalue weighted by Crippen LogP contribution is 2.20. The molecule has 0 amide bonds. The van der Waals surface area contributed by atoms with Crippen LogP contribution in [-0.4, -0.2) is 47.6 Å². The molecule has 3 aromatic carbocycles. The molecule has 7 heteroatoms. The van der Waals surface area contributed by atoms with E-state index in [1.807, 2.05) is 12.1 Å². The van der Waals surface area contributed by atoms with E-state index in [-0.39, 0.29) is 13.2 Å². The van der Waals surface area contributed by atoms with Gasteiger partial charge in [-0.1, -0.05) is 48.5 Å². The summed E-state index contributed by atoms with van der Waals surface area (Å²) in [6.07, 6.45) is 0. The number of aliphatic hydroxyl groups is 1. The first-order chi connectivity index (χ1) is 11.1. The zero-order chi connectivity index (χ0) is 16.4. The quantitative estimate of drug-likeness (QED) is 0.372. The van der Waals surface area contributed by atoms with Crippen molar-refractivity contribution in [2.24, 2.45) is 0 Å². The van der Waals surface area contributed by atoms with Crippen molar-refractivity contribution in [1.82, 2.24) is 0 Å². The van der Waals surface area contributed by atoms with Gasteiger partial charge in [0.25, 0.3) is 0 Å². The number of hydrogen-bond acceptors (Lipinski definition) is 5. The number of rotatable bonds is 5. The molecule has 0 aliphatic rings. The van der Waals surface area contributed by atoms with Crippen LogP contribution in [0.3, 0.4) is 0 Å². The second-order valence-corrected chi connectivity index (χ2v) is 5.24. The Balaban J connectivity index is 2.39. The number of fused-ring (bicyclic) bond motifs is 2. The van der Waals surface area contributed by atoms with E-state index in [2.05, 4.69) is 0 Å². The predicted molar refractivity (Wildman–Crippen MR) is 91.9 cm³/mol. The van der Waals surface area contributed by atoms with Gasteiger partial charge in [-0.15, -0.1) is 0 Å². The summed E-state index contributed by atoms with van der Waals surface area (Å²) in [5.74, 6) is 0. The lowest BCUT2D eigenvalue weighted by Gasteiger charge is -2.18. The smallest absolute Gasteiger partial charge is 0.423 e. The lowest BCUT2D eigenvalue weighted by Crippen LogP contribution is -2.39. The van der Waals surface area contributed by atoms with Crippen LogP contribution in [0.15, 0.2) is 48.5 Å². The highest BCUT2D eigenvalue weighted by molar-refractivity contribution is 6.71. The van der Waals surface area contributed by atoms with Crippen molar-refractivity contribution in [3.8, 4) is 0 Å². The Hall–Kier alpha value is -1.89. The van der Waals surface area contributed by atoms with Crippen molar-refractivity contribution in [3.63, 3.8) is 0 Å². The molecular weight excluding hydrogens is 294 g/mol. The molecule has 116 valence electrons. The summed E-state index contributed by atoms with van der Waals surface area (Å²) in [5, 5.41) is 41.6. The fraction of sp³-hybridized carbons (Fsp3) is 0.125. The zero-order valence-corrected chi connectivity index (χ0v) is 12.4. The third kappa shape index (κ3) is 2.85. The third-order valence-electron chi connectivity index (χ3n) is 3.89. The largest absolute Gasteiger partial charge is 0.492 e. The van der Waals surface area contributed by atoms with Crippen LogP contribution >= 0.6 is 0 Å². The van der Waals surface area contributed by atoms with Crippen LogP contribution in [0, 0.1) is 0 Å². The van der Waals surface area contributed by atoms with Crippen molar-refractivity contribution in [1.29, 1.82) is 0 Å². The standard InChI is InChI=1S/C16H16B2O5/c19-9-10-23-18(22)16-13-7-3-1-5-11(13)15(17(20)21)12-6-2-4-8-14(12)16/h1-8,19-22H,9-10H2. The topological polar surface area (TPSA) is 90.2 Å². The van der Waals surface area contributed by atoms with E-state index in [0.717, 1.165) is 0 Å². The molecule has 5 nitrogen and oxygen atoms in total. The molecule has 0 spiro atoms. The molecule has 0 aliphatic heterocycles. The fourth-order valence-corrected chi connectivity index (χ4v) is 2.99. The van der Waals surface area contributed by atoms with Crippen LogP contribution in [0.1, 0.15) is 0 Å². The van der Waals surface area contributed by atoms with Gasteiger partial charge in [0.15, 0.2) is 0 Å². The van der Waals surface area contributed by atoms with Gasteiger partial charge in [0.2, 0.25) is 0 Å². The van der Waals surface area contributed by atoms with Gasteiger partial charge >= 0.3 is 14.2 Å². The minimum atomic E-state index is -1.63. The van der Waals surface area contributed by atoms with E-state index in [1.165, 1.54) is 0 Å². The lowest BCUT2D eigenvalue weighted by molar-refractivity contribution is 0.184. The molecule has 0 radical (unpaired) electrons. The molecule has 0 heterocycles. The first kappa shape index (κ1) is 16.0. The summed E-state index contributed by atoms with van der Waals surface area (Å²) in [7, 11) is -2.85. The average Bonchev–Trinajstić information content (AvgIpc) is 2.56. The molecule has 0 aromatic heterocycles. The minimum Gasteiger partial charge on any atom is -0.423 e. The zero-order valence-electron chi connectivity index (χ0n) is 12.4. The summed E-state index contributed by atoms with van der Waals surface area (Å²) >= 11 is 0. The van der Waals surface area contributed by atoms with Gasteiger partial charge in [0, 0.05) is 0 Å². The van der Waals surface area contributed by atoms with Crippen LogP contribution < -0.4 is 10.9 Å². The second kappa shape index (κ2) is 6.70. The lowest BCUT2D eigenvalue weighted by atomic mass is 9.67. The highest BCUT2D eigenvalue weighted by Gasteiger charge is 2.27. The Labute approximate surface area is 134 Å². The number of benzene rings is 3. The SMILES string of the molecule is OCCOB(O)c1c2ccccc2c(B(O)O)c2ccccc12. The van der Waals surface area contributed by atoms with Crippen LogP contribution in [0.5, 0.6) is 0 Å². The van der Waals surface area contributed by atoms with Crippen molar-refractivity contribution >= 4 is 46.7 Å². The molecule has 3 aromatic rings. The summed E-state index contributed by atoms with van der Waals surface area (Å²) in [4.78, 5) is 0. The maximum absolute atomic E-state index is 10.4. The van der Waals surface area contributed by atoms with Crippen molar-refractivity contribution in [2.45, 2.75) is 0 Å². The van der Waals surface area contributed by atoms with Gasteiger partial charge in [-0.25, -0.2) is 0 Å². The highest BCUT2D eigenvalue weighted by atomic mass is 16.5. The van der Waals surface area contributed by atoms with E-state index in [1.54, 1.807) is 36.4 Å². The Morgan fingerprint density at radius 1 is 0.739 bits per heavy atom. The molecule has 0 bridgehead atoms. The summed E-state index contributed by atoms with van der Waals surface area (Å²) in [5.41, 5.74) is 0.948. The summed E-state index contributed by atoms with van der Waals surface area (Å²) in [6, 6.07) is 14.4. The molecule has 23 heavy (non-hydrogen) atoms. The fourth-order valence-electron chi connectivity index (χ4n) is 2.99. The molecule has 0 saturated heterocycles. The number of aliphatic hydroxyl groups excluding tert-OH is 1. The van der Waals surface area contributed by atoms with Gasteiger partial charge in [-0.3, -0.25) is 0 Å². The first-order valence-electron chi connectivity index (χ1n) is 7.35. The van der Waals surface area contributed by atoms with E-state index in [9.17, 15) is 15.1 Å². The predicted octanol–water partition coefficient (Wildman–Crippen LogP) is -0.631. The average molecular weight is 310 g/mol. The van der Waals surface area contributed by atoms with E-state index in [4.69, 9.17) is 9.76 Å². The van der Waals surface area contributed by atoms with Gasteiger partial charge in [-0.2, -0.15) is 0 Å². The Bertz CT molecular complexity index is 780. The van der Waals surface area contributed by atoms with Gasteiger partial charge in [-0.05, 0) is 32.5 Å². The second-order valence-electron chi connectivity index (χ2n) is 5.24. The third-order valence-corrected chi connectivity index (χ3v) is 3.89. The summed E-state index contributed by atoms with van der Waals surface area (Å²) in [6.45, 7) is -0.186. The molecule has 4 N–H and O–H groups in total. The Kier molecular flexibility index (Phi) is 4.66. The van der Waals surface area contributed by atoms with Crippen molar-refractivity contribution in [3.05, 3.63) is 48.5 Å². The van der Waals surface area contributed by atoms with Gasteiger partial charge in [0.05, 0.1) is 13.2 Å². The van der Waals surface area contributed by atoms with Crippen LogP contribution in [0.4, 0.5) is 0 Å². The van der Waals surface area contributed by atoms with Crippen molar-refractivity contribution < 1.29 is 24.8 Å². The maximum Gasteiger partial charge on any atom is 0.492 e. The molecule has 0 saturated carbocycles. The molecular formula is C16H16B2O5. The van der Waals surface area contributed by atoms with Crippen LogP contribution in [0.2, 0.25) is 0 Å². The molecule has 0 aliphatic carbocycles. The first-order valence-corrected chi connectivity index (χ1v) is 7.35. The Morgan fingerprint density at radius 3 is 1.57 bits per heavy atom.